The van der Waals surface area contributed by atoms with Gasteiger partial charge < -0.3 is 14.6 Å². The molecule has 0 spiro atoms. The number of methoxy groups -OCH3 is 2. The molecule has 2 unspecified atom stereocenters. The second-order valence-electron chi connectivity index (χ2n) is 5.47. The van der Waals surface area contributed by atoms with E-state index in [0.717, 1.165) is 10.0 Å². The molecule has 3 atom stereocenters. The highest BCUT2D eigenvalue weighted by Crippen LogP contribution is 2.27. The standard InChI is InChI=1S/C16H21BrN2O3/c1-9(2)12-15(21-3)19-13(16(18-12)22-4)14(20)10-5-7-11(17)8-6-10/h5-9,12-14,20H,1-4H3/t12-,13?,14?/m0/s1. The number of rotatable bonds is 3. The number of nitrogens with zero attached hydrogens (tertiary/aromatic N) is 2. The van der Waals surface area contributed by atoms with Gasteiger partial charge in [-0.25, -0.2) is 9.98 Å². The number of aliphatic imine (C=N–C) groups is 2. The Labute approximate surface area is 139 Å². The third-order valence-corrected chi connectivity index (χ3v) is 4.13. The van der Waals surface area contributed by atoms with Crippen LogP contribution in [0.25, 0.3) is 0 Å². The van der Waals surface area contributed by atoms with Crippen molar-refractivity contribution in [2.45, 2.75) is 32.0 Å². The van der Waals surface area contributed by atoms with E-state index in [1.165, 1.54) is 0 Å². The zero-order chi connectivity index (χ0) is 16.3. The lowest BCUT2D eigenvalue weighted by Crippen LogP contribution is -2.40. The van der Waals surface area contributed by atoms with Crippen molar-refractivity contribution in [3.63, 3.8) is 0 Å². The lowest BCUT2D eigenvalue weighted by atomic mass is 9.98. The van der Waals surface area contributed by atoms with Crippen LogP contribution in [0.15, 0.2) is 38.7 Å². The molecular weight excluding hydrogens is 348 g/mol. The molecule has 1 aromatic rings. The van der Waals surface area contributed by atoms with Crippen LogP contribution in [0.2, 0.25) is 0 Å². The summed E-state index contributed by atoms with van der Waals surface area (Å²) in [5, 5.41) is 10.6. The molecule has 0 fully saturated rings. The number of halogens is 1. The first kappa shape index (κ1) is 17.0. The van der Waals surface area contributed by atoms with Crippen LogP contribution >= 0.6 is 15.9 Å². The number of hydrogen-bond donors (Lipinski definition) is 1. The Hall–Kier alpha value is -1.40. The van der Waals surface area contributed by atoms with E-state index in [9.17, 15) is 5.11 Å². The number of hydrogen-bond acceptors (Lipinski definition) is 5. The van der Waals surface area contributed by atoms with Gasteiger partial charge in [-0.3, -0.25) is 0 Å². The zero-order valence-corrected chi connectivity index (χ0v) is 14.7. The molecule has 0 radical (unpaired) electrons. The van der Waals surface area contributed by atoms with Crippen molar-refractivity contribution in [1.82, 2.24) is 0 Å². The summed E-state index contributed by atoms with van der Waals surface area (Å²) in [6.07, 6.45) is -0.843. The maximum Gasteiger partial charge on any atom is 0.212 e. The molecule has 1 aliphatic rings. The Morgan fingerprint density at radius 2 is 1.50 bits per heavy atom. The van der Waals surface area contributed by atoms with E-state index >= 15 is 0 Å². The Morgan fingerprint density at radius 3 is 2.00 bits per heavy atom. The van der Waals surface area contributed by atoms with Gasteiger partial charge in [0.1, 0.15) is 12.1 Å². The lowest BCUT2D eigenvalue weighted by molar-refractivity contribution is 0.155. The minimum Gasteiger partial charge on any atom is -0.483 e. The molecule has 1 N–H and O–H groups in total. The molecular formula is C16H21BrN2O3. The maximum absolute atomic E-state index is 10.6. The summed E-state index contributed by atoms with van der Waals surface area (Å²) in [6.45, 7) is 4.09. The van der Waals surface area contributed by atoms with Gasteiger partial charge >= 0.3 is 0 Å². The summed E-state index contributed by atoms with van der Waals surface area (Å²) in [5.74, 6) is 1.18. The van der Waals surface area contributed by atoms with Crippen LogP contribution in [0.4, 0.5) is 0 Å². The summed E-state index contributed by atoms with van der Waals surface area (Å²) >= 11 is 3.38. The smallest absolute Gasteiger partial charge is 0.212 e. The van der Waals surface area contributed by atoms with E-state index in [0.29, 0.717) is 11.8 Å². The third-order valence-electron chi connectivity index (χ3n) is 3.60. The van der Waals surface area contributed by atoms with Crippen molar-refractivity contribution in [2.24, 2.45) is 15.9 Å². The van der Waals surface area contributed by atoms with Crippen molar-refractivity contribution in [3.8, 4) is 0 Å². The Kier molecular flexibility index (Phi) is 5.58. The summed E-state index contributed by atoms with van der Waals surface area (Å²) < 4.78 is 11.7. The van der Waals surface area contributed by atoms with E-state index in [1.54, 1.807) is 14.2 Å². The van der Waals surface area contributed by atoms with E-state index < -0.39 is 12.1 Å². The topological polar surface area (TPSA) is 63.4 Å². The fourth-order valence-corrected chi connectivity index (χ4v) is 2.63. The minimum atomic E-state index is -0.843. The van der Waals surface area contributed by atoms with Crippen LogP contribution in [0.5, 0.6) is 0 Å². The molecule has 120 valence electrons. The summed E-state index contributed by atoms with van der Waals surface area (Å²) in [4.78, 5) is 9.10. The first-order chi connectivity index (χ1) is 10.5. The van der Waals surface area contributed by atoms with Crippen LogP contribution in [0.1, 0.15) is 25.5 Å². The van der Waals surface area contributed by atoms with Crippen LogP contribution in [-0.2, 0) is 9.47 Å². The highest BCUT2D eigenvalue weighted by molar-refractivity contribution is 9.10. The van der Waals surface area contributed by atoms with Crippen molar-refractivity contribution in [2.75, 3.05) is 14.2 Å². The van der Waals surface area contributed by atoms with E-state index in [2.05, 4.69) is 25.9 Å². The van der Waals surface area contributed by atoms with Gasteiger partial charge in [0.2, 0.25) is 11.8 Å². The molecule has 2 rings (SSSR count). The minimum absolute atomic E-state index is 0.187. The van der Waals surface area contributed by atoms with Crippen molar-refractivity contribution in [1.29, 1.82) is 0 Å². The normalized spacial score (nSPS) is 22.9. The highest BCUT2D eigenvalue weighted by atomic mass is 79.9. The molecule has 1 heterocycles. The molecule has 0 aliphatic carbocycles. The number of aliphatic hydroxyl groups excluding tert-OH is 1. The predicted octanol–water partition coefficient (Wildman–Crippen LogP) is 2.98. The monoisotopic (exact) mass is 368 g/mol. The Balaban J connectivity index is 2.34. The number of ether oxygens (including phenoxy) is 2. The molecule has 1 aromatic carbocycles. The summed E-state index contributed by atoms with van der Waals surface area (Å²) in [7, 11) is 3.12. The van der Waals surface area contributed by atoms with Gasteiger partial charge in [-0.1, -0.05) is 41.9 Å². The average Bonchev–Trinajstić information content (AvgIpc) is 2.53. The second kappa shape index (κ2) is 7.24. The molecule has 0 amide bonds. The Morgan fingerprint density at radius 1 is 1.00 bits per heavy atom. The fraction of sp³-hybridized carbons (Fsp3) is 0.500. The van der Waals surface area contributed by atoms with Gasteiger partial charge in [0.05, 0.1) is 14.2 Å². The zero-order valence-electron chi connectivity index (χ0n) is 13.2. The van der Waals surface area contributed by atoms with Crippen LogP contribution in [-0.4, -0.2) is 43.2 Å². The van der Waals surface area contributed by atoms with Gasteiger partial charge in [0, 0.05) is 4.47 Å². The SMILES string of the molecule is COC1=N[C@@H](C(C)C)C(OC)=NC1C(O)c1ccc(Br)cc1. The van der Waals surface area contributed by atoms with Crippen molar-refractivity contribution in [3.05, 3.63) is 34.3 Å². The first-order valence-corrected chi connectivity index (χ1v) is 7.94. The van der Waals surface area contributed by atoms with Crippen LogP contribution in [0, 0.1) is 5.92 Å². The van der Waals surface area contributed by atoms with E-state index in [-0.39, 0.29) is 12.0 Å². The Bertz CT molecular complexity index is 569. The molecule has 1 aliphatic heterocycles. The van der Waals surface area contributed by atoms with E-state index in [4.69, 9.17) is 9.47 Å². The molecule has 0 aromatic heterocycles. The van der Waals surface area contributed by atoms with Crippen molar-refractivity contribution >= 4 is 27.7 Å². The lowest BCUT2D eigenvalue weighted by Gasteiger charge is -2.29. The summed E-state index contributed by atoms with van der Waals surface area (Å²) in [6, 6.07) is 6.66. The third kappa shape index (κ3) is 3.50. The van der Waals surface area contributed by atoms with Gasteiger partial charge in [0.25, 0.3) is 0 Å². The average molecular weight is 369 g/mol. The van der Waals surface area contributed by atoms with Crippen LogP contribution in [0.3, 0.4) is 0 Å². The quantitative estimate of drug-likeness (QED) is 0.891. The highest BCUT2D eigenvalue weighted by Gasteiger charge is 2.35. The molecule has 6 heteroatoms. The number of benzene rings is 1. The number of aliphatic hydroxyl groups is 1. The maximum atomic E-state index is 10.6. The van der Waals surface area contributed by atoms with Crippen LogP contribution < -0.4 is 0 Å². The van der Waals surface area contributed by atoms with Gasteiger partial charge in [-0.2, -0.15) is 0 Å². The molecule has 0 saturated carbocycles. The van der Waals surface area contributed by atoms with Gasteiger partial charge in [-0.15, -0.1) is 0 Å². The molecule has 22 heavy (non-hydrogen) atoms. The van der Waals surface area contributed by atoms with Gasteiger partial charge in [-0.05, 0) is 23.6 Å². The molecule has 0 bridgehead atoms. The largest absolute Gasteiger partial charge is 0.483 e. The van der Waals surface area contributed by atoms with E-state index in [1.807, 2.05) is 38.1 Å². The van der Waals surface area contributed by atoms with Gasteiger partial charge in [0.15, 0.2) is 6.04 Å². The second-order valence-corrected chi connectivity index (χ2v) is 6.39. The predicted molar refractivity (Wildman–Crippen MR) is 90.4 cm³/mol. The fourth-order valence-electron chi connectivity index (χ4n) is 2.37. The molecule has 5 nitrogen and oxygen atoms in total. The first-order valence-electron chi connectivity index (χ1n) is 7.14. The molecule has 0 saturated heterocycles. The van der Waals surface area contributed by atoms with Crippen molar-refractivity contribution < 1.29 is 14.6 Å². The summed E-state index contributed by atoms with van der Waals surface area (Å²) in [5.41, 5.74) is 0.750.